The Labute approximate surface area is 135 Å². The second kappa shape index (κ2) is 6.56. The molecule has 2 atom stereocenters. The number of amides is 1. The number of likely N-dealkylation sites (tertiary alicyclic amines) is 1. The van der Waals surface area contributed by atoms with Crippen LogP contribution in [0.15, 0.2) is 24.3 Å². The molecule has 1 fully saturated rings. The highest BCUT2D eigenvalue weighted by atomic mass is 19.1. The number of carboxylic acid groups (broad SMARTS) is 1. The van der Waals surface area contributed by atoms with E-state index in [2.05, 4.69) is 0 Å². The largest absolute Gasteiger partial charge is 0.465 e. The van der Waals surface area contributed by atoms with Gasteiger partial charge in [0, 0.05) is 19.0 Å². The summed E-state index contributed by atoms with van der Waals surface area (Å²) in [6.45, 7) is 5.75. The minimum absolute atomic E-state index is 0.0896. The van der Waals surface area contributed by atoms with Crippen LogP contribution in [-0.2, 0) is 9.53 Å². The lowest BCUT2D eigenvalue weighted by molar-refractivity contribution is -0.162. The summed E-state index contributed by atoms with van der Waals surface area (Å²) in [4.78, 5) is 25.0. The molecule has 2 rings (SSSR count). The van der Waals surface area contributed by atoms with Crippen LogP contribution in [0.25, 0.3) is 0 Å². The third kappa shape index (κ3) is 4.43. The number of hydrogen-bond donors (Lipinski definition) is 1. The second-order valence-corrected chi connectivity index (χ2v) is 6.82. The van der Waals surface area contributed by atoms with Crippen LogP contribution in [0.5, 0.6) is 0 Å². The van der Waals surface area contributed by atoms with Crippen LogP contribution < -0.4 is 0 Å². The zero-order valence-electron chi connectivity index (χ0n) is 13.6. The standard InChI is InChI=1S/C17H22FNO4/c1-17(2,3)23-15(20)14-10-19(16(21)22)9-8-13(14)11-4-6-12(18)7-5-11/h4-7,13-14H,8-10H2,1-3H3,(H,21,22)/t13-,14-/m1/s1. The lowest BCUT2D eigenvalue weighted by Crippen LogP contribution is -2.46. The molecule has 0 bridgehead atoms. The zero-order valence-corrected chi connectivity index (χ0v) is 13.6. The summed E-state index contributed by atoms with van der Waals surface area (Å²) in [7, 11) is 0. The average molecular weight is 323 g/mol. The smallest absolute Gasteiger partial charge is 0.407 e. The molecule has 126 valence electrons. The fourth-order valence-corrected chi connectivity index (χ4v) is 2.85. The number of benzene rings is 1. The summed E-state index contributed by atoms with van der Waals surface area (Å²) in [6.07, 6.45) is -0.543. The van der Waals surface area contributed by atoms with E-state index in [9.17, 15) is 19.1 Å². The molecule has 0 unspecified atom stereocenters. The number of esters is 1. The number of ether oxygens (including phenoxy) is 1. The van der Waals surface area contributed by atoms with Crippen LogP contribution in [0.1, 0.15) is 38.7 Å². The number of nitrogens with zero attached hydrogens (tertiary/aromatic N) is 1. The monoisotopic (exact) mass is 323 g/mol. The van der Waals surface area contributed by atoms with Crippen molar-refractivity contribution >= 4 is 12.1 Å². The fourth-order valence-electron chi connectivity index (χ4n) is 2.85. The number of carbonyl (C=O) groups is 2. The van der Waals surface area contributed by atoms with Gasteiger partial charge in [-0.1, -0.05) is 12.1 Å². The van der Waals surface area contributed by atoms with E-state index in [-0.39, 0.29) is 18.3 Å². The molecule has 1 aliphatic rings. The summed E-state index contributed by atoms with van der Waals surface area (Å²) in [5.74, 6) is -1.53. The van der Waals surface area contributed by atoms with Crippen LogP contribution in [0.3, 0.4) is 0 Å². The molecule has 0 radical (unpaired) electrons. The molecule has 0 aromatic heterocycles. The van der Waals surface area contributed by atoms with Crippen molar-refractivity contribution in [3.8, 4) is 0 Å². The molecule has 1 heterocycles. The first-order valence-electron chi connectivity index (χ1n) is 7.63. The van der Waals surface area contributed by atoms with Gasteiger partial charge in [0.05, 0.1) is 5.92 Å². The minimum atomic E-state index is -1.05. The SMILES string of the molecule is CC(C)(C)OC(=O)[C@@H]1CN(C(=O)O)CC[C@@H]1c1ccc(F)cc1. The Hall–Kier alpha value is -2.11. The Morgan fingerprint density at radius 1 is 1.26 bits per heavy atom. The minimum Gasteiger partial charge on any atom is -0.465 e. The molecule has 1 amide bonds. The zero-order chi connectivity index (χ0) is 17.2. The molecule has 1 saturated heterocycles. The molecular formula is C17H22FNO4. The predicted octanol–water partition coefficient (Wildman–Crippen LogP) is 3.25. The predicted molar refractivity (Wildman–Crippen MR) is 82.7 cm³/mol. The van der Waals surface area contributed by atoms with Gasteiger partial charge in [0.25, 0.3) is 0 Å². The maximum atomic E-state index is 13.1. The summed E-state index contributed by atoms with van der Waals surface area (Å²) >= 11 is 0. The van der Waals surface area contributed by atoms with Gasteiger partial charge in [0.15, 0.2) is 0 Å². The lowest BCUT2D eigenvalue weighted by atomic mass is 9.80. The Balaban J connectivity index is 2.25. The third-order valence-electron chi connectivity index (χ3n) is 3.89. The molecule has 1 N–H and O–H groups in total. The van der Waals surface area contributed by atoms with Crippen molar-refractivity contribution in [1.82, 2.24) is 4.90 Å². The van der Waals surface area contributed by atoms with Crippen molar-refractivity contribution in [2.45, 2.75) is 38.7 Å². The Morgan fingerprint density at radius 2 is 1.87 bits per heavy atom. The highest BCUT2D eigenvalue weighted by molar-refractivity contribution is 5.76. The third-order valence-corrected chi connectivity index (χ3v) is 3.89. The number of rotatable bonds is 2. The first kappa shape index (κ1) is 17.2. The van der Waals surface area contributed by atoms with Crippen LogP contribution >= 0.6 is 0 Å². The van der Waals surface area contributed by atoms with E-state index in [1.165, 1.54) is 17.0 Å². The fraction of sp³-hybridized carbons (Fsp3) is 0.529. The average Bonchev–Trinajstić information content (AvgIpc) is 2.45. The summed E-state index contributed by atoms with van der Waals surface area (Å²) < 4.78 is 18.6. The number of hydrogen-bond acceptors (Lipinski definition) is 3. The van der Waals surface area contributed by atoms with Crippen LogP contribution in [0.4, 0.5) is 9.18 Å². The summed E-state index contributed by atoms with van der Waals surface area (Å²) in [5, 5.41) is 9.19. The van der Waals surface area contributed by atoms with Crippen molar-refractivity contribution in [1.29, 1.82) is 0 Å². The Morgan fingerprint density at radius 3 is 2.39 bits per heavy atom. The van der Waals surface area contributed by atoms with Gasteiger partial charge in [-0.05, 0) is 44.9 Å². The molecule has 23 heavy (non-hydrogen) atoms. The molecule has 1 aliphatic heterocycles. The molecule has 6 heteroatoms. The molecule has 0 spiro atoms. The maximum absolute atomic E-state index is 13.1. The van der Waals surface area contributed by atoms with Crippen molar-refractivity contribution in [3.05, 3.63) is 35.6 Å². The first-order valence-corrected chi connectivity index (χ1v) is 7.63. The normalized spacial score (nSPS) is 21.8. The number of halogens is 1. The highest BCUT2D eigenvalue weighted by Crippen LogP contribution is 2.34. The van der Waals surface area contributed by atoms with E-state index in [1.807, 2.05) is 0 Å². The topological polar surface area (TPSA) is 66.8 Å². The van der Waals surface area contributed by atoms with Crippen LogP contribution in [0, 0.1) is 11.7 Å². The molecule has 0 aliphatic carbocycles. The van der Waals surface area contributed by atoms with Crippen molar-refractivity contribution in [2.75, 3.05) is 13.1 Å². The highest BCUT2D eigenvalue weighted by Gasteiger charge is 2.39. The lowest BCUT2D eigenvalue weighted by Gasteiger charge is -2.37. The molecule has 0 saturated carbocycles. The van der Waals surface area contributed by atoms with Gasteiger partial charge in [-0.25, -0.2) is 9.18 Å². The van der Waals surface area contributed by atoms with Crippen molar-refractivity contribution in [3.63, 3.8) is 0 Å². The van der Waals surface area contributed by atoms with Crippen LogP contribution in [0.2, 0.25) is 0 Å². The summed E-state index contributed by atoms with van der Waals surface area (Å²) in [6, 6.07) is 6.00. The van der Waals surface area contributed by atoms with Gasteiger partial charge in [0.2, 0.25) is 0 Å². The maximum Gasteiger partial charge on any atom is 0.407 e. The van der Waals surface area contributed by atoms with Crippen molar-refractivity contribution in [2.24, 2.45) is 5.92 Å². The number of carbonyl (C=O) groups excluding carboxylic acids is 1. The van der Waals surface area contributed by atoms with E-state index in [0.29, 0.717) is 13.0 Å². The Bertz CT molecular complexity index is 579. The van der Waals surface area contributed by atoms with E-state index in [1.54, 1.807) is 32.9 Å². The molecule has 1 aromatic rings. The van der Waals surface area contributed by atoms with Gasteiger partial charge in [-0.3, -0.25) is 4.79 Å². The summed E-state index contributed by atoms with van der Waals surface area (Å²) in [5.41, 5.74) is 0.183. The van der Waals surface area contributed by atoms with Gasteiger partial charge in [0.1, 0.15) is 11.4 Å². The molecule has 5 nitrogen and oxygen atoms in total. The second-order valence-electron chi connectivity index (χ2n) is 6.82. The van der Waals surface area contributed by atoms with Gasteiger partial charge in [-0.2, -0.15) is 0 Å². The molecular weight excluding hydrogens is 301 g/mol. The molecule has 1 aromatic carbocycles. The van der Waals surface area contributed by atoms with Gasteiger partial charge in [-0.15, -0.1) is 0 Å². The first-order chi connectivity index (χ1) is 10.7. The van der Waals surface area contributed by atoms with E-state index >= 15 is 0 Å². The van der Waals surface area contributed by atoms with Gasteiger partial charge >= 0.3 is 12.1 Å². The van der Waals surface area contributed by atoms with E-state index in [0.717, 1.165) is 5.56 Å². The van der Waals surface area contributed by atoms with Crippen LogP contribution in [-0.4, -0.2) is 40.8 Å². The van der Waals surface area contributed by atoms with Crippen molar-refractivity contribution < 1.29 is 23.8 Å². The van der Waals surface area contributed by atoms with Gasteiger partial charge < -0.3 is 14.7 Å². The van der Waals surface area contributed by atoms with E-state index < -0.39 is 23.6 Å². The van der Waals surface area contributed by atoms with E-state index in [4.69, 9.17) is 4.74 Å². The Kier molecular flexibility index (Phi) is 4.92. The quantitative estimate of drug-likeness (QED) is 0.848. The number of piperidine rings is 1.